The number of ether oxygens (including phenoxy) is 2. The first-order valence-corrected chi connectivity index (χ1v) is 6.62. The number of likely N-dealkylation sites (N-methyl/N-ethyl adjacent to an activating group) is 1. The van der Waals surface area contributed by atoms with Gasteiger partial charge >= 0.3 is 5.97 Å². The Morgan fingerprint density at radius 3 is 2.78 bits per heavy atom. The number of hydrogen-bond acceptors (Lipinski definition) is 5. The second-order valence-electron chi connectivity index (χ2n) is 5.28. The highest BCUT2D eigenvalue weighted by atomic mass is 16.5. The van der Waals surface area contributed by atoms with Crippen LogP contribution in [0.3, 0.4) is 0 Å². The topological polar surface area (TPSA) is 50.8 Å². The Labute approximate surface area is 110 Å². The summed E-state index contributed by atoms with van der Waals surface area (Å²) in [6, 6.07) is 0.323. The van der Waals surface area contributed by atoms with Crippen LogP contribution in [-0.2, 0) is 14.3 Å². The van der Waals surface area contributed by atoms with E-state index in [9.17, 15) is 4.79 Å². The molecule has 0 bridgehead atoms. The number of morpholine rings is 1. The smallest absolute Gasteiger partial charge is 0.327 e. The summed E-state index contributed by atoms with van der Waals surface area (Å²) in [5.41, 5.74) is -0.658. The molecular weight excluding hydrogens is 232 g/mol. The van der Waals surface area contributed by atoms with Gasteiger partial charge in [-0.15, -0.1) is 0 Å². The van der Waals surface area contributed by atoms with Crippen LogP contribution in [0.25, 0.3) is 0 Å². The summed E-state index contributed by atoms with van der Waals surface area (Å²) in [7, 11) is 1.43. The zero-order valence-electron chi connectivity index (χ0n) is 12.2. The highest BCUT2D eigenvalue weighted by Gasteiger charge is 2.38. The molecule has 0 saturated carbocycles. The molecule has 3 unspecified atom stereocenters. The summed E-state index contributed by atoms with van der Waals surface area (Å²) < 4.78 is 10.5. The van der Waals surface area contributed by atoms with E-state index < -0.39 is 5.54 Å². The van der Waals surface area contributed by atoms with Gasteiger partial charge in [0.15, 0.2) is 0 Å². The minimum Gasteiger partial charge on any atom is -0.468 e. The molecule has 0 aromatic carbocycles. The van der Waals surface area contributed by atoms with Crippen LogP contribution >= 0.6 is 0 Å². The van der Waals surface area contributed by atoms with E-state index in [-0.39, 0.29) is 12.1 Å². The molecule has 0 amide bonds. The van der Waals surface area contributed by atoms with Crippen LogP contribution in [0.15, 0.2) is 0 Å². The van der Waals surface area contributed by atoms with Crippen LogP contribution < -0.4 is 5.32 Å². The molecule has 0 radical (unpaired) electrons. The Morgan fingerprint density at radius 1 is 1.56 bits per heavy atom. The lowest BCUT2D eigenvalue weighted by atomic mass is 10.00. The van der Waals surface area contributed by atoms with Crippen molar-refractivity contribution in [3.05, 3.63) is 0 Å². The van der Waals surface area contributed by atoms with Crippen molar-refractivity contribution in [2.75, 3.05) is 33.4 Å². The summed E-state index contributed by atoms with van der Waals surface area (Å²) in [5.74, 6) is -0.212. The zero-order chi connectivity index (χ0) is 13.8. The van der Waals surface area contributed by atoms with Gasteiger partial charge in [0.1, 0.15) is 5.54 Å². The standard InChI is InChI=1S/C13H26N2O3/c1-6-14-13(4,12(16)17-5)9-15-7-11(3)18-8-10(15)2/h10-11,14H,6-9H2,1-5H3. The van der Waals surface area contributed by atoms with E-state index in [4.69, 9.17) is 9.47 Å². The highest BCUT2D eigenvalue weighted by Crippen LogP contribution is 2.16. The number of esters is 1. The third-order valence-electron chi connectivity index (χ3n) is 3.46. The number of hydrogen-bond donors (Lipinski definition) is 1. The van der Waals surface area contributed by atoms with Crippen molar-refractivity contribution in [1.29, 1.82) is 0 Å². The first kappa shape index (κ1) is 15.4. The van der Waals surface area contributed by atoms with Crippen LogP contribution in [0.5, 0.6) is 0 Å². The number of methoxy groups -OCH3 is 1. The van der Waals surface area contributed by atoms with Crippen molar-refractivity contribution in [3.8, 4) is 0 Å². The number of carbonyl (C=O) groups excluding carboxylic acids is 1. The lowest BCUT2D eigenvalue weighted by molar-refractivity contribution is -0.150. The summed E-state index contributed by atoms with van der Waals surface area (Å²) in [6.45, 7) is 11.0. The van der Waals surface area contributed by atoms with Crippen LogP contribution in [0, 0.1) is 0 Å². The minimum absolute atomic E-state index is 0.212. The maximum Gasteiger partial charge on any atom is 0.327 e. The second-order valence-corrected chi connectivity index (χ2v) is 5.28. The van der Waals surface area contributed by atoms with Crippen molar-refractivity contribution in [2.45, 2.75) is 45.4 Å². The fraction of sp³-hybridized carbons (Fsp3) is 0.923. The van der Waals surface area contributed by atoms with Crippen LogP contribution in [0.2, 0.25) is 0 Å². The van der Waals surface area contributed by atoms with Crippen molar-refractivity contribution in [3.63, 3.8) is 0 Å². The van der Waals surface area contributed by atoms with Gasteiger partial charge in [-0.2, -0.15) is 0 Å². The highest BCUT2D eigenvalue weighted by molar-refractivity contribution is 5.80. The quantitative estimate of drug-likeness (QED) is 0.733. The molecule has 1 rings (SSSR count). The molecule has 3 atom stereocenters. The molecular formula is C13H26N2O3. The maximum atomic E-state index is 11.9. The van der Waals surface area contributed by atoms with E-state index in [1.807, 2.05) is 13.8 Å². The van der Waals surface area contributed by atoms with Gasteiger partial charge in [-0.05, 0) is 27.3 Å². The fourth-order valence-electron chi connectivity index (χ4n) is 2.41. The average molecular weight is 258 g/mol. The Morgan fingerprint density at radius 2 is 2.22 bits per heavy atom. The molecule has 1 aliphatic rings. The molecule has 1 saturated heterocycles. The number of nitrogens with zero attached hydrogens (tertiary/aromatic N) is 1. The van der Waals surface area contributed by atoms with Crippen LogP contribution in [-0.4, -0.2) is 61.9 Å². The molecule has 1 N–H and O–H groups in total. The number of carbonyl (C=O) groups is 1. The molecule has 5 nitrogen and oxygen atoms in total. The number of nitrogens with one attached hydrogen (secondary N) is 1. The molecule has 106 valence electrons. The van der Waals surface area contributed by atoms with Gasteiger partial charge in [-0.3, -0.25) is 9.69 Å². The maximum absolute atomic E-state index is 11.9. The molecule has 0 aromatic rings. The monoisotopic (exact) mass is 258 g/mol. The van der Waals surface area contributed by atoms with E-state index in [1.165, 1.54) is 7.11 Å². The summed E-state index contributed by atoms with van der Waals surface area (Å²) in [4.78, 5) is 14.2. The Bertz CT molecular complexity index is 285. The summed E-state index contributed by atoms with van der Waals surface area (Å²) in [6.07, 6.45) is 0.213. The van der Waals surface area contributed by atoms with Crippen molar-refractivity contribution in [1.82, 2.24) is 10.2 Å². The average Bonchev–Trinajstić information content (AvgIpc) is 2.33. The Kier molecular flexibility index (Phi) is 5.56. The lowest BCUT2D eigenvalue weighted by Crippen LogP contribution is -2.61. The Hall–Kier alpha value is -0.650. The van der Waals surface area contributed by atoms with E-state index in [1.54, 1.807) is 0 Å². The summed E-state index contributed by atoms with van der Waals surface area (Å²) >= 11 is 0. The van der Waals surface area contributed by atoms with Crippen LogP contribution in [0.4, 0.5) is 0 Å². The SMILES string of the molecule is CCNC(C)(CN1CC(C)OCC1C)C(=O)OC. The van der Waals surface area contributed by atoms with Gasteiger partial charge in [0, 0.05) is 19.1 Å². The van der Waals surface area contributed by atoms with Gasteiger partial charge in [0.05, 0.1) is 19.8 Å². The fourth-order valence-corrected chi connectivity index (χ4v) is 2.41. The van der Waals surface area contributed by atoms with E-state index in [0.29, 0.717) is 19.2 Å². The third-order valence-corrected chi connectivity index (χ3v) is 3.46. The molecule has 0 spiro atoms. The molecule has 5 heteroatoms. The largest absolute Gasteiger partial charge is 0.468 e. The van der Waals surface area contributed by atoms with Gasteiger partial charge in [0.25, 0.3) is 0 Å². The van der Waals surface area contributed by atoms with Gasteiger partial charge in [0.2, 0.25) is 0 Å². The van der Waals surface area contributed by atoms with Gasteiger partial charge < -0.3 is 14.8 Å². The van der Waals surface area contributed by atoms with Crippen molar-refractivity contribution >= 4 is 5.97 Å². The third kappa shape index (κ3) is 3.67. The molecule has 1 aliphatic heterocycles. The molecule has 1 heterocycles. The lowest BCUT2D eigenvalue weighted by Gasteiger charge is -2.41. The molecule has 0 aromatic heterocycles. The van der Waals surface area contributed by atoms with E-state index in [2.05, 4.69) is 24.1 Å². The Balaban J connectivity index is 2.72. The van der Waals surface area contributed by atoms with Gasteiger partial charge in [-0.25, -0.2) is 0 Å². The van der Waals surface area contributed by atoms with Crippen molar-refractivity contribution in [2.24, 2.45) is 0 Å². The molecule has 1 fully saturated rings. The normalized spacial score (nSPS) is 28.7. The van der Waals surface area contributed by atoms with Gasteiger partial charge in [-0.1, -0.05) is 6.92 Å². The first-order valence-electron chi connectivity index (χ1n) is 6.62. The summed E-state index contributed by atoms with van der Waals surface area (Å²) in [5, 5.41) is 3.24. The van der Waals surface area contributed by atoms with E-state index in [0.717, 1.165) is 13.1 Å². The first-order chi connectivity index (χ1) is 8.42. The minimum atomic E-state index is -0.658. The van der Waals surface area contributed by atoms with Crippen molar-refractivity contribution < 1.29 is 14.3 Å². The zero-order valence-corrected chi connectivity index (χ0v) is 12.2. The second kappa shape index (κ2) is 6.50. The predicted molar refractivity (Wildman–Crippen MR) is 70.5 cm³/mol. The number of rotatable bonds is 5. The van der Waals surface area contributed by atoms with E-state index >= 15 is 0 Å². The molecule has 0 aliphatic carbocycles. The predicted octanol–water partition coefficient (Wildman–Crippen LogP) is 0.637. The molecule has 18 heavy (non-hydrogen) atoms. The van der Waals surface area contributed by atoms with Crippen LogP contribution in [0.1, 0.15) is 27.7 Å².